The smallest absolute Gasteiger partial charge is 0.252 e. The molecule has 0 unspecified atom stereocenters. The molecule has 0 aliphatic rings. The molecule has 0 saturated heterocycles. The molecule has 0 aromatic heterocycles. The Morgan fingerprint density at radius 3 is 2.50 bits per heavy atom. The van der Waals surface area contributed by atoms with Crippen molar-refractivity contribution in [2.45, 2.75) is 19.4 Å². The van der Waals surface area contributed by atoms with E-state index in [1.165, 1.54) is 6.92 Å². The van der Waals surface area contributed by atoms with Crippen LogP contribution >= 0.6 is 0 Å². The molecular weight excluding hydrogens is 280 g/mol. The van der Waals surface area contributed by atoms with Crippen molar-refractivity contribution in [2.75, 3.05) is 19.5 Å². The third-order valence-corrected chi connectivity index (χ3v) is 3.61. The van der Waals surface area contributed by atoms with Crippen LogP contribution in [-0.2, 0) is 9.53 Å². The van der Waals surface area contributed by atoms with E-state index >= 15 is 0 Å². The Kier molecular flexibility index (Phi) is 5.12. The largest absolute Gasteiger partial charge is 0.398 e. The molecule has 0 spiro atoms. The van der Waals surface area contributed by atoms with Crippen molar-refractivity contribution in [2.24, 2.45) is 0 Å². The van der Waals surface area contributed by atoms with Crippen molar-refractivity contribution in [3.8, 4) is 0 Å². The number of nitrogen functional groups attached to an aromatic ring is 1. The van der Waals surface area contributed by atoms with Crippen molar-refractivity contribution >= 4 is 28.2 Å². The molecule has 0 aliphatic heterocycles. The van der Waals surface area contributed by atoms with Gasteiger partial charge < -0.3 is 15.8 Å². The molecular formula is C17H20N2O3. The third kappa shape index (κ3) is 3.43. The SMILES string of the molecule is COCC[C@H](NC(=O)c1ccc(N)c2ccccc12)C(C)=O. The lowest BCUT2D eigenvalue weighted by molar-refractivity contribution is -0.119. The Morgan fingerprint density at radius 2 is 1.86 bits per heavy atom. The maximum atomic E-state index is 12.5. The van der Waals surface area contributed by atoms with Gasteiger partial charge in [-0.25, -0.2) is 0 Å². The number of carbonyl (C=O) groups is 2. The van der Waals surface area contributed by atoms with E-state index in [0.29, 0.717) is 24.3 Å². The number of methoxy groups -OCH3 is 1. The van der Waals surface area contributed by atoms with Gasteiger partial charge in [-0.2, -0.15) is 0 Å². The number of nitrogens with two attached hydrogens (primary N) is 1. The highest BCUT2D eigenvalue weighted by Crippen LogP contribution is 2.24. The van der Waals surface area contributed by atoms with Gasteiger partial charge in [0.1, 0.15) is 0 Å². The minimum atomic E-state index is -0.552. The number of hydrogen-bond donors (Lipinski definition) is 2. The van der Waals surface area contributed by atoms with Crippen molar-refractivity contribution in [3.63, 3.8) is 0 Å². The molecule has 1 atom stereocenters. The molecule has 0 saturated carbocycles. The molecule has 5 nitrogen and oxygen atoms in total. The fourth-order valence-electron chi connectivity index (χ4n) is 2.37. The first-order valence-electron chi connectivity index (χ1n) is 7.12. The fourth-order valence-corrected chi connectivity index (χ4v) is 2.37. The number of amides is 1. The lowest BCUT2D eigenvalue weighted by atomic mass is 10.0. The first-order valence-corrected chi connectivity index (χ1v) is 7.12. The summed E-state index contributed by atoms with van der Waals surface area (Å²) in [4.78, 5) is 24.1. The number of ether oxygens (including phenoxy) is 1. The number of benzene rings is 2. The highest BCUT2D eigenvalue weighted by Gasteiger charge is 2.19. The normalized spacial score (nSPS) is 12.1. The van der Waals surface area contributed by atoms with Gasteiger partial charge in [0.25, 0.3) is 5.91 Å². The van der Waals surface area contributed by atoms with Gasteiger partial charge in [0.05, 0.1) is 6.04 Å². The molecule has 3 N–H and O–H groups in total. The zero-order chi connectivity index (χ0) is 16.1. The summed E-state index contributed by atoms with van der Waals surface area (Å²) in [6, 6.07) is 10.3. The van der Waals surface area contributed by atoms with Crippen molar-refractivity contribution in [1.29, 1.82) is 0 Å². The third-order valence-electron chi connectivity index (χ3n) is 3.61. The van der Waals surface area contributed by atoms with Crippen LogP contribution in [0.15, 0.2) is 36.4 Å². The number of ketones is 1. The molecule has 2 rings (SSSR count). The monoisotopic (exact) mass is 300 g/mol. The molecule has 22 heavy (non-hydrogen) atoms. The average Bonchev–Trinajstić information content (AvgIpc) is 2.51. The maximum Gasteiger partial charge on any atom is 0.252 e. The average molecular weight is 300 g/mol. The number of fused-ring (bicyclic) bond motifs is 1. The van der Waals surface area contributed by atoms with E-state index in [4.69, 9.17) is 10.5 Å². The lowest BCUT2D eigenvalue weighted by Crippen LogP contribution is -2.40. The standard InChI is InChI=1S/C17H20N2O3/c1-11(20)16(9-10-22-2)19-17(21)14-7-8-15(18)13-6-4-3-5-12(13)14/h3-8,16H,9-10,18H2,1-2H3,(H,19,21)/t16-/m0/s1. The van der Waals surface area contributed by atoms with Gasteiger partial charge >= 0.3 is 0 Å². The molecule has 116 valence electrons. The summed E-state index contributed by atoms with van der Waals surface area (Å²) >= 11 is 0. The van der Waals surface area contributed by atoms with E-state index in [-0.39, 0.29) is 11.7 Å². The van der Waals surface area contributed by atoms with Crippen molar-refractivity contribution < 1.29 is 14.3 Å². The summed E-state index contributed by atoms with van der Waals surface area (Å²) < 4.78 is 4.98. The van der Waals surface area contributed by atoms with Crippen LogP contribution < -0.4 is 11.1 Å². The quantitative estimate of drug-likeness (QED) is 0.801. The van der Waals surface area contributed by atoms with Gasteiger partial charge in [-0.15, -0.1) is 0 Å². The van der Waals surface area contributed by atoms with Gasteiger partial charge in [-0.3, -0.25) is 9.59 Å². The molecule has 0 radical (unpaired) electrons. The summed E-state index contributed by atoms with van der Waals surface area (Å²) in [5.41, 5.74) is 7.07. The zero-order valence-corrected chi connectivity index (χ0v) is 12.8. The van der Waals surface area contributed by atoms with Crippen LogP contribution in [0.5, 0.6) is 0 Å². The number of hydrogen-bond acceptors (Lipinski definition) is 4. The highest BCUT2D eigenvalue weighted by molar-refractivity contribution is 6.10. The highest BCUT2D eigenvalue weighted by atomic mass is 16.5. The summed E-state index contributed by atoms with van der Waals surface area (Å²) in [6.07, 6.45) is 0.449. The minimum absolute atomic E-state index is 0.0925. The van der Waals surface area contributed by atoms with E-state index in [1.54, 1.807) is 19.2 Å². The van der Waals surface area contributed by atoms with E-state index in [0.717, 1.165) is 10.8 Å². The van der Waals surface area contributed by atoms with E-state index in [2.05, 4.69) is 5.32 Å². The number of nitrogens with one attached hydrogen (secondary N) is 1. The van der Waals surface area contributed by atoms with Crippen LogP contribution in [0.2, 0.25) is 0 Å². The Labute approximate surface area is 129 Å². The molecule has 5 heteroatoms. The van der Waals surface area contributed by atoms with E-state index in [1.807, 2.05) is 24.3 Å². The van der Waals surface area contributed by atoms with Crippen LogP contribution in [0.1, 0.15) is 23.7 Å². The van der Waals surface area contributed by atoms with Crippen molar-refractivity contribution in [1.82, 2.24) is 5.32 Å². The summed E-state index contributed by atoms with van der Waals surface area (Å²) in [5, 5.41) is 4.37. The van der Waals surface area contributed by atoms with Crippen molar-refractivity contribution in [3.05, 3.63) is 42.0 Å². The number of Topliss-reactive ketones (excluding diaryl/α,β-unsaturated/α-hetero) is 1. The second kappa shape index (κ2) is 7.04. The van der Waals surface area contributed by atoms with Gasteiger partial charge in [0.15, 0.2) is 5.78 Å². The fraction of sp³-hybridized carbons (Fsp3) is 0.294. The minimum Gasteiger partial charge on any atom is -0.398 e. The topological polar surface area (TPSA) is 81.4 Å². The Morgan fingerprint density at radius 1 is 1.18 bits per heavy atom. The Balaban J connectivity index is 2.29. The Bertz CT molecular complexity index is 697. The van der Waals surface area contributed by atoms with Crippen LogP contribution in [0.3, 0.4) is 0 Å². The van der Waals surface area contributed by atoms with Gasteiger partial charge in [0, 0.05) is 30.4 Å². The van der Waals surface area contributed by atoms with Crippen LogP contribution in [0.4, 0.5) is 5.69 Å². The van der Waals surface area contributed by atoms with Crippen LogP contribution in [-0.4, -0.2) is 31.4 Å². The summed E-state index contributed by atoms with van der Waals surface area (Å²) in [7, 11) is 1.56. The second-order valence-electron chi connectivity index (χ2n) is 5.17. The maximum absolute atomic E-state index is 12.5. The summed E-state index contributed by atoms with van der Waals surface area (Å²) in [5.74, 6) is -0.377. The van der Waals surface area contributed by atoms with Gasteiger partial charge in [0.2, 0.25) is 0 Å². The molecule has 2 aromatic carbocycles. The zero-order valence-electron chi connectivity index (χ0n) is 12.8. The molecule has 2 aromatic rings. The first-order chi connectivity index (χ1) is 10.5. The molecule has 0 heterocycles. The predicted molar refractivity (Wildman–Crippen MR) is 86.8 cm³/mol. The molecule has 0 bridgehead atoms. The van der Waals surface area contributed by atoms with E-state index < -0.39 is 6.04 Å². The van der Waals surface area contributed by atoms with Gasteiger partial charge in [-0.1, -0.05) is 24.3 Å². The lowest BCUT2D eigenvalue weighted by Gasteiger charge is -2.16. The predicted octanol–water partition coefficient (Wildman–Crippen LogP) is 2.15. The Hall–Kier alpha value is -2.40. The molecule has 1 amide bonds. The van der Waals surface area contributed by atoms with E-state index in [9.17, 15) is 9.59 Å². The molecule has 0 fully saturated rings. The van der Waals surface area contributed by atoms with Crippen LogP contribution in [0.25, 0.3) is 10.8 Å². The number of anilines is 1. The summed E-state index contributed by atoms with van der Waals surface area (Å²) in [6.45, 7) is 1.87. The first kappa shape index (κ1) is 16.0. The van der Waals surface area contributed by atoms with Crippen LogP contribution in [0, 0.1) is 0 Å². The number of rotatable bonds is 6. The second-order valence-corrected chi connectivity index (χ2v) is 5.17. The number of carbonyl (C=O) groups excluding carboxylic acids is 2. The molecule has 0 aliphatic carbocycles. The van der Waals surface area contributed by atoms with Gasteiger partial charge in [-0.05, 0) is 30.9 Å².